The molecule has 0 saturated carbocycles. The van der Waals surface area contributed by atoms with Gasteiger partial charge >= 0.3 is 0 Å². The van der Waals surface area contributed by atoms with Crippen LogP contribution in [0.2, 0.25) is 0 Å². The van der Waals surface area contributed by atoms with E-state index >= 15 is 0 Å². The van der Waals surface area contributed by atoms with E-state index in [1.807, 2.05) is 22.8 Å². The quantitative estimate of drug-likeness (QED) is 0.820. The minimum atomic E-state index is 0.471. The highest BCUT2D eigenvalue weighted by Gasteiger charge is 2.14. The molecule has 16 heavy (non-hydrogen) atoms. The molecule has 0 radical (unpaired) electrons. The van der Waals surface area contributed by atoms with Crippen molar-refractivity contribution in [2.75, 3.05) is 13.2 Å². The molecule has 1 unspecified atom stereocenters. The minimum Gasteiger partial charge on any atom is -0.380 e. The van der Waals surface area contributed by atoms with Crippen molar-refractivity contribution in [1.29, 1.82) is 0 Å². The minimum absolute atomic E-state index is 0.471. The predicted octanol–water partition coefficient (Wildman–Crippen LogP) is 0.608. The summed E-state index contributed by atoms with van der Waals surface area (Å²) in [6.07, 6.45) is 4.68. The first-order chi connectivity index (χ1) is 7.93. The molecule has 0 aromatic carbocycles. The van der Waals surface area contributed by atoms with E-state index in [0.29, 0.717) is 6.04 Å². The van der Waals surface area contributed by atoms with Crippen molar-refractivity contribution >= 4 is 5.65 Å². The third-order valence-corrected chi connectivity index (χ3v) is 2.87. The summed E-state index contributed by atoms with van der Waals surface area (Å²) in [5, 5.41) is 7.71. The van der Waals surface area contributed by atoms with Crippen LogP contribution in [-0.4, -0.2) is 33.9 Å². The number of aromatic nitrogens is 3. The van der Waals surface area contributed by atoms with Crippen LogP contribution in [0.1, 0.15) is 12.1 Å². The molecule has 0 spiro atoms. The normalized spacial score (nSPS) is 20.6. The molecule has 0 aliphatic carbocycles. The molecule has 0 bridgehead atoms. The summed E-state index contributed by atoms with van der Waals surface area (Å²) in [4.78, 5) is 4.23. The Morgan fingerprint density at radius 1 is 1.44 bits per heavy atom. The molecule has 1 atom stereocenters. The lowest BCUT2D eigenvalue weighted by Gasteiger charge is -2.10. The number of nitrogens with one attached hydrogen (secondary N) is 1. The summed E-state index contributed by atoms with van der Waals surface area (Å²) in [6.45, 7) is 2.48. The Hall–Kier alpha value is -1.46. The highest BCUT2D eigenvalue weighted by atomic mass is 16.5. The molecular weight excluding hydrogens is 204 g/mol. The van der Waals surface area contributed by atoms with Crippen LogP contribution in [0.4, 0.5) is 0 Å². The summed E-state index contributed by atoms with van der Waals surface area (Å²) in [6, 6.07) is 4.36. The van der Waals surface area contributed by atoms with Crippen molar-refractivity contribution in [3.63, 3.8) is 0 Å². The molecule has 1 saturated heterocycles. The van der Waals surface area contributed by atoms with Crippen LogP contribution in [0.3, 0.4) is 0 Å². The number of hydrogen-bond acceptors (Lipinski definition) is 4. The number of nitrogens with zero attached hydrogens (tertiary/aromatic N) is 3. The number of ether oxygens (including phenoxy) is 1. The first-order valence-corrected chi connectivity index (χ1v) is 5.52. The molecule has 1 N–H and O–H groups in total. The zero-order chi connectivity index (χ0) is 10.8. The van der Waals surface area contributed by atoms with Crippen molar-refractivity contribution in [3.8, 4) is 0 Å². The Kier molecular flexibility index (Phi) is 2.55. The molecule has 3 heterocycles. The fraction of sp³-hybridized carbons (Fsp3) is 0.455. The zero-order valence-corrected chi connectivity index (χ0v) is 8.97. The molecule has 5 nitrogen and oxygen atoms in total. The summed E-state index contributed by atoms with van der Waals surface area (Å²) < 4.78 is 7.18. The molecule has 3 rings (SSSR count). The number of fused-ring (bicyclic) bond motifs is 1. The van der Waals surface area contributed by atoms with Gasteiger partial charge in [-0.3, -0.25) is 0 Å². The maximum absolute atomic E-state index is 5.32. The summed E-state index contributed by atoms with van der Waals surface area (Å²) in [5.41, 5.74) is 2.02. The highest BCUT2D eigenvalue weighted by molar-refractivity contribution is 5.36. The van der Waals surface area contributed by atoms with Crippen LogP contribution >= 0.6 is 0 Å². The van der Waals surface area contributed by atoms with E-state index in [-0.39, 0.29) is 0 Å². The fourth-order valence-electron chi connectivity index (χ4n) is 1.96. The third kappa shape index (κ3) is 1.79. The number of hydrogen-bond donors (Lipinski definition) is 1. The topological polar surface area (TPSA) is 51.5 Å². The predicted molar refractivity (Wildman–Crippen MR) is 59.1 cm³/mol. The van der Waals surface area contributed by atoms with Crippen LogP contribution in [0.25, 0.3) is 5.65 Å². The van der Waals surface area contributed by atoms with Crippen LogP contribution in [0.5, 0.6) is 0 Å². The van der Waals surface area contributed by atoms with Crippen molar-refractivity contribution < 1.29 is 4.74 Å². The third-order valence-electron chi connectivity index (χ3n) is 2.87. The second kappa shape index (κ2) is 4.19. The highest BCUT2D eigenvalue weighted by Crippen LogP contribution is 2.06. The van der Waals surface area contributed by atoms with Gasteiger partial charge in [0.2, 0.25) is 0 Å². The second-order valence-electron chi connectivity index (χ2n) is 3.98. The first kappa shape index (κ1) is 9.74. The van der Waals surface area contributed by atoms with Gasteiger partial charge in [-0.1, -0.05) is 0 Å². The maximum Gasteiger partial charge on any atom is 0.155 e. The fourth-order valence-corrected chi connectivity index (χ4v) is 1.96. The Morgan fingerprint density at radius 3 is 3.31 bits per heavy atom. The van der Waals surface area contributed by atoms with E-state index in [0.717, 1.165) is 37.5 Å². The molecule has 0 amide bonds. The molecular formula is C11H14N4O. The lowest BCUT2D eigenvalue weighted by atomic mass is 10.2. The molecule has 5 heteroatoms. The van der Waals surface area contributed by atoms with E-state index in [2.05, 4.69) is 15.4 Å². The van der Waals surface area contributed by atoms with Crippen molar-refractivity contribution in [2.24, 2.45) is 0 Å². The van der Waals surface area contributed by atoms with Crippen LogP contribution in [0, 0.1) is 0 Å². The Balaban J connectivity index is 1.75. The largest absolute Gasteiger partial charge is 0.380 e. The maximum atomic E-state index is 5.32. The number of rotatable bonds is 3. The van der Waals surface area contributed by atoms with E-state index in [1.165, 1.54) is 0 Å². The SMILES string of the molecule is c1cc(CNC2CCOC2)n2nccc2n1. The Bertz CT molecular complexity index is 476. The van der Waals surface area contributed by atoms with Gasteiger partial charge in [0.1, 0.15) is 0 Å². The van der Waals surface area contributed by atoms with E-state index in [9.17, 15) is 0 Å². The average molecular weight is 218 g/mol. The van der Waals surface area contributed by atoms with Gasteiger partial charge in [-0.05, 0) is 12.5 Å². The molecule has 2 aromatic rings. The van der Waals surface area contributed by atoms with Crippen LogP contribution in [0.15, 0.2) is 24.5 Å². The summed E-state index contributed by atoms with van der Waals surface area (Å²) in [7, 11) is 0. The zero-order valence-electron chi connectivity index (χ0n) is 8.97. The van der Waals surface area contributed by atoms with Gasteiger partial charge in [0, 0.05) is 31.5 Å². The van der Waals surface area contributed by atoms with Gasteiger partial charge in [-0.2, -0.15) is 5.10 Å². The standard InChI is InChI=1S/C11H14N4O/c1-4-12-11-2-5-14-15(11)10(1)7-13-9-3-6-16-8-9/h1-2,4-5,9,13H,3,6-8H2. The van der Waals surface area contributed by atoms with Gasteiger partial charge in [-0.25, -0.2) is 9.50 Å². The molecule has 84 valence electrons. The van der Waals surface area contributed by atoms with Crippen LogP contribution < -0.4 is 5.32 Å². The van der Waals surface area contributed by atoms with Gasteiger partial charge in [0.25, 0.3) is 0 Å². The molecule has 1 fully saturated rings. The van der Waals surface area contributed by atoms with Crippen molar-refractivity contribution in [3.05, 3.63) is 30.2 Å². The van der Waals surface area contributed by atoms with Crippen molar-refractivity contribution in [2.45, 2.75) is 19.0 Å². The summed E-state index contributed by atoms with van der Waals surface area (Å²) in [5.74, 6) is 0. The smallest absolute Gasteiger partial charge is 0.155 e. The van der Waals surface area contributed by atoms with Gasteiger partial charge in [0.05, 0.1) is 18.5 Å². The second-order valence-corrected chi connectivity index (χ2v) is 3.98. The molecule has 1 aliphatic rings. The van der Waals surface area contributed by atoms with E-state index in [4.69, 9.17) is 4.74 Å². The van der Waals surface area contributed by atoms with E-state index < -0.39 is 0 Å². The Labute approximate surface area is 93.4 Å². The first-order valence-electron chi connectivity index (χ1n) is 5.52. The van der Waals surface area contributed by atoms with Gasteiger partial charge in [-0.15, -0.1) is 0 Å². The van der Waals surface area contributed by atoms with Gasteiger partial charge in [0.15, 0.2) is 5.65 Å². The molecule has 1 aliphatic heterocycles. The average Bonchev–Trinajstić information content (AvgIpc) is 2.97. The Morgan fingerprint density at radius 2 is 2.44 bits per heavy atom. The monoisotopic (exact) mass is 218 g/mol. The van der Waals surface area contributed by atoms with Crippen molar-refractivity contribution in [1.82, 2.24) is 19.9 Å². The summed E-state index contributed by atoms with van der Waals surface area (Å²) >= 11 is 0. The molecule has 2 aromatic heterocycles. The van der Waals surface area contributed by atoms with Gasteiger partial charge < -0.3 is 10.1 Å². The van der Waals surface area contributed by atoms with E-state index in [1.54, 1.807) is 6.20 Å². The lowest BCUT2D eigenvalue weighted by molar-refractivity contribution is 0.189. The lowest BCUT2D eigenvalue weighted by Crippen LogP contribution is -2.29. The van der Waals surface area contributed by atoms with Crippen LogP contribution in [-0.2, 0) is 11.3 Å².